The zero-order valence-electron chi connectivity index (χ0n) is 8.60. The van der Waals surface area contributed by atoms with Gasteiger partial charge in [-0.1, -0.05) is 28.1 Å². The van der Waals surface area contributed by atoms with Crippen LogP contribution in [0.15, 0.2) is 18.2 Å². The summed E-state index contributed by atoms with van der Waals surface area (Å²) in [5.41, 5.74) is -1.55. The van der Waals surface area contributed by atoms with Crippen molar-refractivity contribution in [2.75, 3.05) is 5.33 Å². The Morgan fingerprint density at radius 2 is 1.94 bits per heavy atom. The highest BCUT2D eigenvalue weighted by Gasteiger charge is 2.34. The van der Waals surface area contributed by atoms with Crippen molar-refractivity contribution in [3.8, 4) is 5.75 Å². The molecule has 1 rings (SSSR count). The molecule has 0 heterocycles. The average Bonchev–Trinajstić information content (AvgIpc) is 2.25. The molecule has 0 aliphatic rings. The number of hydrogen-bond donors (Lipinski definition) is 0. The van der Waals surface area contributed by atoms with Gasteiger partial charge in [-0.15, -0.1) is 13.2 Å². The van der Waals surface area contributed by atoms with Crippen molar-refractivity contribution in [3.05, 3.63) is 29.3 Å². The monoisotopic (exact) mass is 332 g/mol. The van der Waals surface area contributed by atoms with Gasteiger partial charge < -0.3 is 4.74 Å². The van der Waals surface area contributed by atoms with Crippen LogP contribution in [0.3, 0.4) is 0 Å². The van der Waals surface area contributed by atoms with Gasteiger partial charge in [-0.05, 0) is 6.07 Å². The number of rotatable bonds is 4. The van der Waals surface area contributed by atoms with Crippen LogP contribution in [-0.4, -0.2) is 17.5 Å². The summed E-state index contributed by atoms with van der Waals surface area (Å²) in [6, 6.07) is 2.80. The maximum absolute atomic E-state index is 12.7. The van der Waals surface area contributed by atoms with Crippen LogP contribution in [-0.2, 0) is 0 Å². The van der Waals surface area contributed by atoms with Crippen molar-refractivity contribution in [2.45, 2.75) is 12.8 Å². The predicted molar refractivity (Wildman–Crippen MR) is 56.2 cm³/mol. The average molecular weight is 333 g/mol. The van der Waals surface area contributed by atoms with Crippen LogP contribution >= 0.6 is 15.9 Å². The second-order valence-corrected chi connectivity index (χ2v) is 3.68. The van der Waals surface area contributed by atoms with Gasteiger partial charge in [0.05, 0.1) is 10.9 Å². The third kappa shape index (κ3) is 3.66. The van der Waals surface area contributed by atoms with E-state index in [9.17, 15) is 26.7 Å². The fourth-order valence-electron chi connectivity index (χ4n) is 1.30. The van der Waals surface area contributed by atoms with Crippen LogP contribution in [0.1, 0.15) is 22.3 Å². The summed E-state index contributed by atoms with van der Waals surface area (Å²) < 4.78 is 65.1. The molecule has 1 aromatic carbocycles. The summed E-state index contributed by atoms with van der Waals surface area (Å²) in [6.45, 7) is 0. The van der Waals surface area contributed by atoms with E-state index in [1.54, 1.807) is 0 Å². The molecular weight excluding hydrogens is 327 g/mol. The Labute approximate surface area is 107 Å². The van der Waals surface area contributed by atoms with E-state index in [4.69, 9.17) is 0 Å². The molecule has 0 spiro atoms. The highest BCUT2D eigenvalue weighted by Crippen LogP contribution is 2.35. The summed E-state index contributed by atoms with van der Waals surface area (Å²) in [5.74, 6) is -1.82. The largest absolute Gasteiger partial charge is 0.573 e. The molecule has 0 bridgehead atoms. The van der Waals surface area contributed by atoms with Gasteiger partial charge in [0.15, 0.2) is 5.78 Å². The molecule has 0 aromatic heterocycles. The van der Waals surface area contributed by atoms with Crippen LogP contribution in [0, 0.1) is 0 Å². The number of ether oxygens (including phenoxy) is 1. The van der Waals surface area contributed by atoms with Gasteiger partial charge in [-0.3, -0.25) is 4.79 Å². The molecule has 0 radical (unpaired) electrons. The molecule has 0 unspecified atom stereocenters. The molecular formula is C10H6BrF5O2. The minimum Gasteiger partial charge on any atom is -0.405 e. The third-order valence-corrected chi connectivity index (χ3v) is 2.44. The Kier molecular flexibility index (Phi) is 4.66. The third-order valence-electron chi connectivity index (χ3n) is 1.93. The van der Waals surface area contributed by atoms with Crippen LogP contribution in [0.4, 0.5) is 22.0 Å². The van der Waals surface area contributed by atoms with Crippen molar-refractivity contribution in [2.24, 2.45) is 0 Å². The molecule has 2 nitrogen and oxygen atoms in total. The van der Waals surface area contributed by atoms with Crippen molar-refractivity contribution < 1.29 is 31.5 Å². The maximum Gasteiger partial charge on any atom is 0.573 e. The lowest BCUT2D eigenvalue weighted by atomic mass is 10.0. The zero-order valence-corrected chi connectivity index (χ0v) is 10.2. The summed E-state index contributed by atoms with van der Waals surface area (Å²) in [5, 5.41) is -0.276. The van der Waals surface area contributed by atoms with E-state index >= 15 is 0 Å². The Morgan fingerprint density at radius 3 is 2.39 bits per heavy atom. The molecule has 0 aliphatic heterocycles. The van der Waals surface area contributed by atoms with Gasteiger partial charge in [-0.25, -0.2) is 8.78 Å². The van der Waals surface area contributed by atoms with Crippen molar-refractivity contribution in [1.82, 2.24) is 0 Å². The predicted octanol–water partition coefficient (Wildman–Crippen LogP) is 4.10. The topological polar surface area (TPSA) is 26.3 Å². The Bertz CT molecular complexity index is 444. The van der Waals surface area contributed by atoms with Gasteiger partial charge in [0.25, 0.3) is 6.43 Å². The Morgan fingerprint density at radius 1 is 1.33 bits per heavy atom. The van der Waals surface area contributed by atoms with Gasteiger partial charge in [-0.2, -0.15) is 0 Å². The van der Waals surface area contributed by atoms with Crippen molar-refractivity contribution >= 4 is 21.7 Å². The number of carbonyl (C=O) groups is 1. The Balaban J connectivity index is 3.30. The smallest absolute Gasteiger partial charge is 0.405 e. The SMILES string of the molecule is O=C(CBr)c1cccc(OC(F)(F)F)c1C(F)F. The number of benzene rings is 1. The molecule has 0 fully saturated rings. The van der Waals surface area contributed by atoms with E-state index in [2.05, 4.69) is 20.7 Å². The minimum atomic E-state index is -5.10. The van der Waals surface area contributed by atoms with E-state index in [-0.39, 0.29) is 5.33 Å². The fourth-order valence-corrected chi connectivity index (χ4v) is 1.60. The Hall–Kier alpha value is -1.18. The molecule has 0 saturated carbocycles. The first-order valence-corrected chi connectivity index (χ1v) is 5.64. The van der Waals surface area contributed by atoms with Gasteiger partial charge in [0, 0.05) is 5.56 Å². The highest BCUT2D eigenvalue weighted by molar-refractivity contribution is 9.09. The van der Waals surface area contributed by atoms with Crippen LogP contribution < -0.4 is 4.74 Å². The number of halogens is 6. The quantitative estimate of drug-likeness (QED) is 0.471. The summed E-state index contributed by atoms with van der Waals surface area (Å²) in [6.07, 6.45) is -8.35. The number of carbonyl (C=O) groups excluding carboxylic acids is 1. The lowest BCUT2D eigenvalue weighted by Gasteiger charge is -2.15. The zero-order chi connectivity index (χ0) is 13.9. The molecule has 8 heteroatoms. The first-order chi connectivity index (χ1) is 8.26. The van der Waals surface area contributed by atoms with Gasteiger partial charge in [0.2, 0.25) is 0 Å². The first kappa shape index (κ1) is 14.9. The van der Waals surface area contributed by atoms with E-state index < -0.39 is 35.4 Å². The molecule has 18 heavy (non-hydrogen) atoms. The van der Waals surface area contributed by atoms with E-state index in [1.165, 1.54) is 0 Å². The number of hydrogen-bond acceptors (Lipinski definition) is 2. The normalized spacial score (nSPS) is 11.7. The van der Waals surface area contributed by atoms with Gasteiger partial charge >= 0.3 is 6.36 Å². The lowest BCUT2D eigenvalue weighted by Crippen LogP contribution is -2.19. The van der Waals surface area contributed by atoms with E-state index in [0.29, 0.717) is 0 Å². The summed E-state index contributed by atoms with van der Waals surface area (Å²) in [4.78, 5) is 11.3. The molecule has 100 valence electrons. The van der Waals surface area contributed by atoms with Crippen molar-refractivity contribution in [3.63, 3.8) is 0 Å². The molecule has 0 N–H and O–H groups in total. The maximum atomic E-state index is 12.7. The van der Waals surface area contributed by atoms with Crippen LogP contribution in [0.25, 0.3) is 0 Å². The van der Waals surface area contributed by atoms with E-state index in [1.807, 2.05) is 0 Å². The minimum absolute atomic E-state index is 0.276. The summed E-state index contributed by atoms with van der Waals surface area (Å²) in [7, 11) is 0. The van der Waals surface area contributed by atoms with Crippen molar-refractivity contribution in [1.29, 1.82) is 0 Å². The standard InChI is InChI=1S/C10H6BrF5O2/c11-4-6(17)5-2-1-3-7(8(5)9(12)13)18-10(14,15)16/h1-3,9H,4H2. The second-order valence-electron chi connectivity index (χ2n) is 3.12. The molecule has 1 aromatic rings. The molecule has 0 atom stereocenters. The van der Waals surface area contributed by atoms with Gasteiger partial charge in [0.1, 0.15) is 5.75 Å². The lowest BCUT2D eigenvalue weighted by molar-refractivity contribution is -0.275. The fraction of sp³-hybridized carbons (Fsp3) is 0.300. The number of ketones is 1. The highest BCUT2D eigenvalue weighted by atomic mass is 79.9. The number of alkyl halides is 6. The first-order valence-electron chi connectivity index (χ1n) is 4.52. The molecule has 0 saturated heterocycles. The summed E-state index contributed by atoms with van der Waals surface area (Å²) >= 11 is 2.76. The van der Waals surface area contributed by atoms with Crippen LogP contribution in [0.2, 0.25) is 0 Å². The van der Waals surface area contributed by atoms with E-state index in [0.717, 1.165) is 18.2 Å². The van der Waals surface area contributed by atoms with Crippen LogP contribution in [0.5, 0.6) is 5.75 Å². The molecule has 0 aliphatic carbocycles. The second kappa shape index (κ2) is 5.64. The molecule has 0 amide bonds. The number of Topliss-reactive ketones (excluding diaryl/α,β-unsaturated/α-hetero) is 1.